The van der Waals surface area contributed by atoms with E-state index in [9.17, 15) is 4.79 Å². The number of hydroxylamine groups is 2. The van der Waals surface area contributed by atoms with Gasteiger partial charge >= 0.3 is 5.97 Å². The molecule has 0 spiro atoms. The van der Waals surface area contributed by atoms with E-state index in [2.05, 4.69) is 43.7 Å². The summed E-state index contributed by atoms with van der Waals surface area (Å²) in [5, 5.41) is 2.08. The van der Waals surface area contributed by atoms with E-state index in [4.69, 9.17) is 9.57 Å². The summed E-state index contributed by atoms with van der Waals surface area (Å²) in [5.41, 5.74) is 0.994. The van der Waals surface area contributed by atoms with Crippen LogP contribution in [0.4, 0.5) is 0 Å². The van der Waals surface area contributed by atoms with Crippen LogP contribution in [-0.4, -0.2) is 53.8 Å². The third kappa shape index (κ3) is 3.77. The molecule has 1 fully saturated rings. The molecular weight excluding hydrogens is 304 g/mol. The molecule has 0 aliphatic carbocycles. The number of nitrogens with zero attached hydrogens (tertiary/aromatic N) is 2. The molecule has 2 aliphatic rings. The summed E-state index contributed by atoms with van der Waals surface area (Å²) in [7, 11) is 1.74. The molecule has 5 heteroatoms. The first-order valence-electron chi connectivity index (χ1n) is 9.21. The zero-order valence-corrected chi connectivity index (χ0v) is 16.2. The average Bonchev–Trinajstić information content (AvgIpc) is 2.99. The van der Waals surface area contributed by atoms with Crippen molar-refractivity contribution in [1.82, 2.24) is 9.96 Å². The van der Waals surface area contributed by atoms with Gasteiger partial charge in [-0.05, 0) is 60.0 Å². The van der Waals surface area contributed by atoms with Gasteiger partial charge < -0.3 is 14.5 Å². The lowest BCUT2D eigenvalue weighted by Gasteiger charge is -2.55. The molecule has 2 heterocycles. The van der Waals surface area contributed by atoms with E-state index in [1.54, 1.807) is 7.11 Å². The molecule has 2 rings (SSSR count). The summed E-state index contributed by atoms with van der Waals surface area (Å²) in [6.45, 7) is 13.3. The molecule has 138 valence electrons. The SMILES string of the molecule is CCOC(=O)CCC1C(N2CCCC2)=CC(C)(C)N(OC)C1(C)C. The number of hydrogen-bond acceptors (Lipinski definition) is 5. The van der Waals surface area contributed by atoms with E-state index in [-0.39, 0.29) is 23.0 Å². The van der Waals surface area contributed by atoms with Crippen molar-refractivity contribution in [1.29, 1.82) is 0 Å². The van der Waals surface area contributed by atoms with Crippen LogP contribution >= 0.6 is 0 Å². The van der Waals surface area contributed by atoms with Crippen molar-refractivity contribution in [3.8, 4) is 0 Å². The Morgan fingerprint density at radius 2 is 1.88 bits per heavy atom. The van der Waals surface area contributed by atoms with Gasteiger partial charge in [-0.25, -0.2) is 0 Å². The van der Waals surface area contributed by atoms with E-state index in [1.165, 1.54) is 18.5 Å². The van der Waals surface area contributed by atoms with Crippen molar-refractivity contribution in [2.24, 2.45) is 5.92 Å². The fourth-order valence-corrected chi connectivity index (χ4v) is 4.52. The zero-order chi connectivity index (χ0) is 18.0. The van der Waals surface area contributed by atoms with Gasteiger partial charge in [-0.1, -0.05) is 0 Å². The molecule has 0 amide bonds. The molecule has 0 bridgehead atoms. The highest BCUT2D eigenvalue weighted by Crippen LogP contribution is 2.45. The van der Waals surface area contributed by atoms with Crippen molar-refractivity contribution >= 4 is 5.97 Å². The first-order chi connectivity index (χ1) is 11.2. The van der Waals surface area contributed by atoms with Crippen molar-refractivity contribution in [2.75, 3.05) is 26.8 Å². The van der Waals surface area contributed by atoms with Crippen LogP contribution < -0.4 is 0 Å². The van der Waals surface area contributed by atoms with Crippen LogP contribution in [0.2, 0.25) is 0 Å². The molecule has 1 saturated heterocycles. The highest BCUT2D eigenvalue weighted by molar-refractivity contribution is 5.69. The fourth-order valence-electron chi connectivity index (χ4n) is 4.52. The molecule has 0 aromatic heterocycles. The summed E-state index contributed by atoms with van der Waals surface area (Å²) in [6, 6.07) is 0. The smallest absolute Gasteiger partial charge is 0.305 e. The second-order valence-electron chi connectivity index (χ2n) is 7.94. The molecule has 1 atom stereocenters. The number of likely N-dealkylation sites (tertiary alicyclic amines) is 1. The Hall–Kier alpha value is -1.07. The van der Waals surface area contributed by atoms with Crippen LogP contribution in [0, 0.1) is 5.92 Å². The third-order valence-electron chi connectivity index (χ3n) is 5.35. The monoisotopic (exact) mass is 338 g/mol. The molecular formula is C19H34N2O3. The predicted molar refractivity (Wildman–Crippen MR) is 95.3 cm³/mol. The Kier molecular flexibility index (Phi) is 5.97. The van der Waals surface area contributed by atoms with Gasteiger partial charge in [0.15, 0.2) is 0 Å². The predicted octanol–water partition coefficient (Wildman–Crippen LogP) is 3.36. The van der Waals surface area contributed by atoms with E-state index < -0.39 is 0 Å². The van der Waals surface area contributed by atoms with Crippen molar-refractivity contribution in [2.45, 2.75) is 71.4 Å². The largest absolute Gasteiger partial charge is 0.466 e. The second kappa shape index (κ2) is 7.44. The van der Waals surface area contributed by atoms with Gasteiger partial charge in [-0.2, -0.15) is 5.06 Å². The fraction of sp³-hybridized carbons (Fsp3) is 0.842. The Bertz CT molecular complexity index is 479. The molecule has 2 aliphatic heterocycles. The van der Waals surface area contributed by atoms with Crippen molar-refractivity contribution in [3.05, 3.63) is 11.8 Å². The lowest BCUT2D eigenvalue weighted by Crippen LogP contribution is -2.62. The van der Waals surface area contributed by atoms with Crippen molar-refractivity contribution in [3.63, 3.8) is 0 Å². The van der Waals surface area contributed by atoms with Gasteiger partial charge in [0.05, 0.1) is 19.3 Å². The maximum absolute atomic E-state index is 11.9. The molecule has 0 radical (unpaired) electrons. The van der Waals surface area contributed by atoms with Gasteiger partial charge in [0.25, 0.3) is 0 Å². The molecule has 0 aromatic carbocycles. The topological polar surface area (TPSA) is 42.0 Å². The highest BCUT2D eigenvalue weighted by atomic mass is 16.7. The number of carbonyl (C=O) groups is 1. The molecule has 5 nitrogen and oxygen atoms in total. The number of carbonyl (C=O) groups excluding carboxylic acids is 1. The van der Waals surface area contributed by atoms with Crippen LogP contribution in [0.1, 0.15) is 60.3 Å². The minimum absolute atomic E-state index is 0.108. The maximum Gasteiger partial charge on any atom is 0.305 e. The second-order valence-corrected chi connectivity index (χ2v) is 7.94. The summed E-state index contributed by atoms with van der Waals surface area (Å²) in [6.07, 6.45) is 6.06. The van der Waals surface area contributed by atoms with E-state index in [1.807, 2.05) is 6.92 Å². The quantitative estimate of drug-likeness (QED) is 0.695. The van der Waals surface area contributed by atoms with Crippen molar-refractivity contribution < 1.29 is 14.4 Å². The summed E-state index contributed by atoms with van der Waals surface area (Å²) < 4.78 is 5.14. The first-order valence-corrected chi connectivity index (χ1v) is 9.21. The molecule has 1 unspecified atom stereocenters. The van der Waals surface area contributed by atoms with Crippen LogP contribution in [0.15, 0.2) is 11.8 Å². The Balaban J connectivity index is 2.31. The minimum atomic E-state index is -0.197. The number of hydrogen-bond donors (Lipinski definition) is 0. The first kappa shape index (κ1) is 19.3. The third-order valence-corrected chi connectivity index (χ3v) is 5.35. The van der Waals surface area contributed by atoms with Crippen LogP contribution in [-0.2, 0) is 14.4 Å². The molecule has 0 aromatic rings. The standard InChI is InChI=1S/C19H34N2O3/c1-7-24-17(22)11-10-15-16(20-12-8-9-13-20)14-18(2,3)21(23-6)19(15,4)5/h14-15H,7-13H2,1-6H3. The molecule has 0 saturated carbocycles. The van der Waals surface area contributed by atoms with E-state index in [0.717, 1.165) is 19.5 Å². The number of esters is 1. The van der Waals surface area contributed by atoms with E-state index in [0.29, 0.717) is 13.0 Å². The van der Waals surface area contributed by atoms with Gasteiger partial charge in [0.2, 0.25) is 0 Å². The molecule has 0 N–H and O–H groups in total. The Morgan fingerprint density at radius 3 is 2.42 bits per heavy atom. The number of rotatable bonds is 6. The number of ether oxygens (including phenoxy) is 1. The maximum atomic E-state index is 11.9. The highest BCUT2D eigenvalue weighted by Gasteiger charge is 2.49. The Labute approximate surface area is 146 Å². The zero-order valence-electron chi connectivity index (χ0n) is 16.2. The normalized spacial score (nSPS) is 26.3. The summed E-state index contributed by atoms with van der Waals surface area (Å²) >= 11 is 0. The van der Waals surface area contributed by atoms with Crippen LogP contribution in [0.5, 0.6) is 0 Å². The summed E-state index contributed by atoms with van der Waals surface area (Å²) in [5.74, 6) is 0.135. The molecule has 24 heavy (non-hydrogen) atoms. The lowest BCUT2D eigenvalue weighted by molar-refractivity contribution is -0.253. The van der Waals surface area contributed by atoms with E-state index >= 15 is 0 Å². The van der Waals surface area contributed by atoms with Crippen LogP contribution in [0.3, 0.4) is 0 Å². The van der Waals surface area contributed by atoms with Gasteiger partial charge in [-0.15, -0.1) is 0 Å². The summed E-state index contributed by atoms with van der Waals surface area (Å²) in [4.78, 5) is 20.2. The minimum Gasteiger partial charge on any atom is -0.466 e. The van der Waals surface area contributed by atoms with Crippen LogP contribution in [0.25, 0.3) is 0 Å². The van der Waals surface area contributed by atoms with Gasteiger partial charge in [-0.3, -0.25) is 4.79 Å². The van der Waals surface area contributed by atoms with Gasteiger partial charge in [0.1, 0.15) is 0 Å². The average molecular weight is 338 g/mol. The van der Waals surface area contributed by atoms with Gasteiger partial charge in [0, 0.05) is 36.7 Å². The Morgan fingerprint density at radius 1 is 1.25 bits per heavy atom. The lowest BCUT2D eigenvalue weighted by atomic mass is 9.74.